The van der Waals surface area contributed by atoms with Crippen molar-refractivity contribution in [2.75, 3.05) is 0 Å². The van der Waals surface area contributed by atoms with Crippen LogP contribution in [0.5, 0.6) is 0 Å². The predicted molar refractivity (Wildman–Crippen MR) is 79.0 cm³/mol. The highest BCUT2D eigenvalue weighted by Gasteiger charge is 2.30. The van der Waals surface area contributed by atoms with Crippen LogP contribution < -0.4 is 9.13 Å². The molecule has 0 saturated carbocycles. The van der Waals surface area contributed by atoms with Crippen molar-refractivity contribution in [2.24, 2.45) is 20.0 Å². The van der Waals surface area contributed by atoms with Gasteiger partial charge in [0.15, 0.2) is 24.8 Å². The van der Waals surface area contributed by atoms with Crippen molar-refractivity contribution in [3.05, 3.63) is 72.3 Å². The molecule has 2 aromatic heterocycles. The van der Waals surface area contributed by atoms with Gasteiger partial charge in [0.25, 0.3) is 0 Å². The SMILES string of the molecule is CC1C(c2cc[n+](C)cc2)C=CC1c1cc[n+](C)cc1. The standard InChI is InChI=1S/C18H22N2/c1-14-17(15-6-10-19(2)11-7-15)4-5-18(14)16-8-12-20(3)13-9-16/h4-14,17-18H,1-3H3/q+2. The fourth-order valence-electron chi connectivity index (χ4n) is 3.11. The minimum Gasteiger partial charge on any atom is -0.208 e. The van der Waals surface area contributed by atoms with Crippen LogP contribution >= 0.6 is 0 Å². The first-order valence-electron chi connectivity index (χ1n) is 7.24. The van der Waals surface area contributed by atoms with E-state index >= 15 is 0 Å². The lowest BCUT2D eigenvalue weighted by molar-refractivity contribution is -0.671. The van der Waals surface area contributed by atoms with Crippen molar-refractivity contribution in [1.29, 1.82) is 0 Å². The van der Waals surface area contributed by atoms with E-state index in [-0.39, 0.29) is 0 Å². The lowest BCUT2D eigenvalue weighted by atomic mass is 9.82. The van der Waals surface area contributed by atoms with Crippen LogP contribution in [-0.2, 0) is 14.1 Å². The molecule has 3 rings (SSSR count). The first kappa shape index (κ1) is 13.0. The molecule has 0 aromatic carbocycles. The summed E-state index contributed by atoms with van der Waals surface area (Å²) < 4.78 is 4.17. The van der Waals surface area contributed by atoms with Gasteiger partial charge >= 0.3 is 0 Å². The second-order valence-electron chi connectivity index (χ2n) is 5.89. The van der Waals surface area contributed by atoms with Crippen molar-refractivity contribution in [1.82, 2.24) is 0 Å². The molecule has 0 amide bonds. The Morgan fingerprint density at radius 3 is 1.40 bits per heavy atom. The van der Waals surface area contributed by atoms with Gasteiger partial charge in [0.1, 0.15) is 14.1 Å². The summed E-state index contributed by atoms with van der Waals surface area (Å²) in [6.07, 6.45) is 13.3. The molecule has 2 nitrogen and oxygen atoms in total. The van der Waals surface area contributed by atoms with Crippen LogP contribution in [0.2, 0.25) is 0 Å². The van der Waals surface area contributed by atoms with Gasteiger partial charge in [-0.25, -0.2) is 9.13 Å². The van der Waals surface area contributed by atoms with Crippen LogP contribution in [0.4, 0.5) is 0 Å². The molecule has 0 aliphatic heterocycles. The Morgan fingerprint density at radius 2 is 1.05 bits per heavy atom. The number of aryl methyl sites for hydroxylation is 2. The molecule has 1 aliphatic rings. The molecule has 0 radical (unpaired) electrons. The van der Waals surface area contributed by atoms with Crippen LogP contribution in [0, 0.1) is 5.92 Å². The average Bonchev–Trinajstić information content (AvgIpc) is 2.83. The van der Waals surface area contributed by atoms with Gasteiger partial charge in [-0.2, -0.15) is 0 Å². The lowest BCUT2D eigenvalue weighted by Crippen LogP contribution is -2.27. The summed E-state index contributed by atoms with van der Waals surface area (Å²) in [4.78, 5) is 0. The first-order chi connectivity index (χ1) is 9.65. The Kier molecular flexibility index (Phi) is 3.39. The molecule has 0 spiro atoms. The monoisotopic (exact) mass is 266 g/mol. The molecule has 2 unspecified atom stereocenters. The maximum Gasteiger partial charge on any atom is 0.168 e. The zero-order valence-corrected chi connectivity index (χ0v) is 12.4. The van der Waals surface area contributed by atoms with Gasteiger partial charge < -0.3 is 0 Å². The van der Waals surface area contributed by atoms with E-state index in [1.54, 1.807) is 0 Å². The molecule has 0 N–H and O–H groups in total. The largest absolute Gasteiger partial charge is 0.208 e. The first-order valence-corrected chi connectivity index (χ1v) is 7.24. The summed E-state index contributed by atoms with van der Waals surface area (Å²) in [5.41, 5.74) is 2.83. The number of nitrogens with zero attached hydrogens (tertiary/aromatic N) is 2. The van der Waals surface area contributed by atoms with E-state index < -0.39 is 0 Å². The van der Waals surface area contributed by atoms with Gasteiger partial charge in [-0.3, -0.25) is 0 Å². The minimum atomic E-state index is 0.523. The molecule has 1 aliphatic carbocycles. The number of rotatable bonds is 2. The van der Waals surface area contributed by atoms with E-state index in [1.165, 1.54) is 11.1 Å². The van der Waals surface area contributed by atoms with Crippen molar-refractivity contribution in [3.63, 3.8) is 0 Å². The summed E-state index contributed by atoms with van der Waals surface area (Å²) >= 11 is 0. The number of pyridine rings is 2. The molecule has 20 heavy (non-hydrogen) atoms. The van der Waals surface area contributed by atoms with Crippen LogP contribution in [0.1, 0.15) is 29.9 Å². The molecule has 102 valence electrons. The third-order valence-electron chi connectivity index (χ3n) is 4.44. The highest BCUT2D eigenvalue weighted by Crippen LogP contribution is 2.42. The normalized spacial score (nSPS) is 25.1. The van der Waals surface area contributed by atoms with Crippen LogP contribution in [0.15, 0.2) is 61.2 Å². The number of allylic oxidation sites excluding steroid dienone is 2. The van der Waals surface area contributed by atoms with Gasteiger partial charge in [-0.15, -0.1) is 0 Å². The second kappa shape index (κ2) is 5.20. The van der Waals surface area contributed by atoms with E-state index in [2.05, 4.69) is 91.4 Å². The summed E-state index contributed by atoms with van der Waals surface area (Å²) in [5, 5.41) is 0. The van der Waals surface area contributed by atoms with Crippen LogP contribution in [0.25, 0.3) is 0 Å². The second-order valence-corrected chi connectivity index (χ2v) is 5.89. The van der Waals surface area contributed by atoms with Gasteiger partial charge in [-0.1, -0.05) is 19.1 Å². The van der Waals surface area contributed by atoms with E-state index in [0.717, 1.165) is 0 Å². The molecular formula is C18H22N2+2. The Labute approximate surface area is 121 Å². The van der Waals surface area contributed by atoms with Crippen LogP contribution in [0.3, 0.4) is 0 Å². The van der Waals surface area contributed by atoms with Gasteiger partial charge in [-0.05, 0) is 17.0 Å². The number of hydrogen-bond acceptors (Lipinski definition) is 0. The maximum atomic E-state index is 2.37. The van der Waals surface area contributed by atoms with Gasteiger partial charge in [0.2, 0.25) is 0 Å². The fraction of sp³-hybridized carbons (Fsp3) is 0.333. The molecule has 0 saturated heterocycles. The molecule has 0 fully saturated rings. The minimum absolute atomic E-state index is 0.523. The van der Waals surface area contributed by atoms with Crippen molar-refractivity contribution < 1.29 is 9.13 Å². The molecule has 2 heteroatoms. The van der Waals surface area contributed by atoms with Crippen molar-refractivity contribution in [3.8, 4) is 0 Å². The van der Waals surface area contributed by atoms with Crippen LogP contribution in [-0.4, -0.2) is 0 Å². The lowest BCUT2D eigenvalue weighted by Gasteiger charge is -2.21. The van der Waals surface area contributed by atoms with Crippen molar-refractivity contribution in [2.45, 2.75) is 18.8 Å². The predicted octanol–water partition coefficient (Wildman–Crippen LogP) is 2.41. The Hall–Kier alpha value is -1.96. The van der Waals surface area contributed by atoms with E-state index in [0.29, 0.717) is 17.8 Å². The fourth-order valence-corrected chi connectivity index (χ4v) is 3.11. The maximum absolute atomic E-state index is 2.37. The number of hydrogen-bond donors (Lipinski definition) is 0. The van der Waals surface area contributed by atoms with Gasteiger partial charge in [0, 0.05) is 36.1 Å². The molecule has 2 heterocycles. The quantitative estimate of drug-likeness (QED) is 0.582. The summed E-state index contributed by atoms with van der Waals surface area (Å²) in [6.45, 7) is 2.36. The summed E-state index contributed by atoms with van der Waals surface area (Å²) in [5.74, 6) is 1.65. The zero-order chi connectivity index (χ0) is 14.1. The van der Waals surface area contributed by atoms with E-state index in [1.807, 2.05) is 0 Å². The smallest absolute Gasteiger partial charge is 0.168 e. The van der Waals surface area contributed by atoms with E-state index in [9.17, 15) is 0 Å². The van der Waals surface area contributed by atoms with Gasteiger partial charge in [0.05, 0.1) is 0 Å². The molecular weight excluding hydrogens is 244 g/mol. The molecule has 0 bridgehead atoms. The topological polar surface area (TPSA) is 7.76 Å². The van der Waals surface area contributed by atoms with Crippen molar-refractivity contribution >= 4 is 0 Å². The summed E-state index contributed by atoms with van der Waals surface area (Å²) in [7, 11) is 4.12. The molecule has 2 aromatic rings. The third-order valence-corrected chi connectivity index (χ3v) is 4.44. The Balaban J connectivity index is 1.84. The highest BCUT2D eigenvalue weighted by atomic mass is 14.9. The molecule has 2 atom stereocenters. The zero-order valence-electron chi connectivity index (χ0n) is 12.4. The highest BCUT2D eigenvalue weighted by molar-refractivity contribution is 5.33. The Bertz CT molecular complexity index is 555. The number of aromatic nitrogens is 2. The Morgan fingerprint density at radius 1 is 0.700 bits per heavy atom. The van der Waals surface area contributed by atoms with E-state index in [4.69, 9.17) is 0 Å². The third kappa shape index (κ3) is 2.38. The average molecular weight is 266 g/mol. The summed E-state index contributed by atoms with van der Waals surface area (Å²) in [6, 6.07) is 8.94.